The summed E-state index contributed by atoms with van der Waals surface area (Å²) in [4.78, 5) is 4.26. The van der Waals surface area contributed by atoms with E-state index >= 15 is 0 Å². The average Bonchev–Trinajstić information content (AvgIpc) is 2.86. The number of aromatic nitrogens is 1. The molecule has 2 aromatic heterocycles. The second-order valence-corrected chi connectivity index (χ2v) is 5.39. The molecule has 1 unspecified atom stereocenters. The lowest BCUT2D eigenvalue weighted by Crippen LogP contribution is -2.08. The van der Waals surface area contributed by atoms with E-state index in [4.69, 9.17) is 16.0 Å². The van der Waals surface area contributed by atoms with Crippen LogP contribution in [-0.4, -0.2) is 4.98 Å². The minimum Gasteiger partial charge on any atom is -0.459 e. The highest BCUT2D eigenvalue weighted by molar-refractivity contribution is 6.29. The quantitative estimate of drug-likeness (QED) is 0.672. The third-order valence-corrected chi connectivity index (χ3v) is 3.77. The van der Waals surface area contributed by atoms with Crippen molar-refractivity contribution in [2.45, 2.75) is 26.3 Å². The van der Waals surface area contributed by atoms with Gasteiger partial charge < -0.3 is 9.73 Å². The number of anilines is 1. The number of rotatable bonds is 4. The van der Waals surface area contributed by atoms with E-state index in [0.717, 1.165) is 23.6 Å². The second kappa shape index (κ2) is 5.78. The first kappa shape index (κ1) is 14.0. The zero-order valence-electron chi connectivity index (χ0n) is 12.1. The summed E-state index contributed by atoms with van der Waals surface area (Å²) in [6.45, 7) is 4.21. The maximum Gasteiger partial charge on any atom is 0.134 e. The number of furan rings is 1. The Kier molecular flexibility index (Phi) is 3.84. The number of pyridine rings is 1. The van der Waals surface area contributed by atoms with Gasteiger partial charge in [0.25, 0.3) is 0 Å². The molecule has 0 saturated heterocycles. The van der Waals surface area contributed by atoms with Crippen LogP contribution in [0.4, 0.5) is 5.82 Å². The van der Waals surface area contributed by atoms with E-state index in [1.54, 1.807) is 6.07 Å². The molecule has 0 fully saturated rings. The fourth-order valence-corrected chi connectivity index (χ4v) is 2.77. The van der Waals surface area contributed by atoms with Gasteiger partial charge in [-0.2, -0.15) is 0 Å². The number of halogens is 1. The fraction of sp³-hybridized carbons (Fsp3) is 0.235. The zero-order chi connectivity index (χ0) is 14.8. The maximum absolute atomic E-state index is 6.03. The van der Waals surface area contributed by atoms with Crippen LogP contribution in [0.2, 0.25) is 5.15 Å². The largest absolute Gasteiger partial charge is 0.459 e. The van der Waals surface area contributed by atoms with Gasteiger partial charge in [-0.25, -0.2) is 4.98 Å². The van der Waals surface area contributed by atoms with Crippen molar-refractivity contribution >= 4 is 28.4 Å². The molecule has 2 heterocycles. The predicted octanol–water partition coefficient (Wildman–Crippen LogP) is 5.22. The van der Waals surface area contributed by atoms with Crippen molar-refractivity contribution in [3.05, 3.63) is 58.9 Å². The summed E-state index contributed by atoms with van der Waals surface area (Å²) < 4.78 is 6.03. The Morgan fingerprint density at radius 1 is 1.19 bits per heavy atom. The van der Waals surface area contributed by atoms with Crippen LogP contribution in [0.25, 0.3) is 11.0 Å². The molecule has 0 aliphatic rings. The van der Waals surface area contributed by atoms with E-state index in [-0.39, 0.29) is 6.04 Å². The summed E-state index contributed by atoms with van der Waals surface area (Å²) in [5, 5.41) is 5.01. The lowest BCUT2D eigenvalue weighted by molar-refractivity contribution is 0.519. The first-order valence-electron chi connectivity index (χ1n) is 7.08. The van der Waals surface area contributed by atoms with Gasteiger partial charge in [0, 0.05) is 10.9 Å². The van der Waals surface area contributed by atoms with Crippen molar-refractivity contribution in [3.63, 3.8) is 0 Å². The molecule has 0 spiro atoms. The average molecular weight is 301 g/mol. The van der Waals surface area contributed by atoms with Gasteiger partial charge in [0.15, 0.2) is 0 Å². The summed E-state index contributed by atoms with van der Waals surface area (Å²) in [6.07, 6.45) is 0.932. The molecule has 0 radical (unpaired) electrons. The van der Waals surface area contributed by atoms with Gasteiger partial charge in [-0.15, -0.1) is 0 Å². The summed E-state index contributed by atoms with van der Waals surface area (Å²) in [5.74, 6) is 1.71. The molecule has 3 aromatic rings. The highest BCUT2D eigenvalue weighted by Crippen LogP contribution is 2.31. The van der Waals surface area contributed by atoms with Crippen LogP contribution in [0.15, 0.2) is 46.9 Å². The summed E-state index contributed by atoms with van der Waals surface area (Å²) in [7, 11) is 0. The first-order chi connectivity index (χ1) is 10.2. The number of aryl methyl sites for hydroxylation is 1. The minimum atomic E-state index is 0.0262. The Labute approximate surface area is 128 Å². The van der Waals surface area contributed by atoms with Crippen LogP contribution in [0.5, 0.6) is 0 Å². The molecule has 0 aliphatic carbocycles. The van der Waals surface area contributed by atoms with Gasteiger partial charge in [-0.05, 0) is 31.5 Å². The summed E-state index contributed by atoms with van der Waals surface area (Å²) in [6, 6.07) is 13.7. The Bertz CT molecular complexity index is 766. The SMILES string of the molecule is CCc1c(C(C)Nc2cccc(Cl)n2)oc2ccccc12. The van der Waals surface area contributed by atoms with Gasteiger partial charge in [0.05, 0.1) is 6.04 Å². The van der Waals surface area contributed by atoms with Crippen LogP contribution >= 0.6 is 11.6 Å². The molecule has 1 atom stereocenters. The van der Waals surface area contributed by atoms with Crippen molar-refractivity contribution < 1.29 is 4.42 Å². The van der Waals surface area contributed by atoms with Gasteiger partial charge >= 0.3 is 0 Å². The number of hydrogen-bond donors (Lipinski definition) is 1. The van der Waals surface area contributed by atoms with E-state index < -0.39 is 0 Å². The molecule has 108 valence electrons. The highest BCUT2D eigenvalue weighted by atomic mass is 35.5. The Morgan fingerprint density at radius 2 is 2.00 bits per heavy atom. The third kappa shape index (κ3) is 2.74. The van der Waals surface area contributed by atoms with Crippen molar-refractivity contribution in [1.29, 1.82) is 0 Å². The number of benzene rings is 1. The van der Waals surface area contributed by atoms with E-state index in [1.807, 2.05) is 30.3 Å². The van der Waals surface area contributed by atoms with E-state index in [9.17, 15) is 0 Å². The van der Waals surface area contributed by atoms with Crippen molar-refractivity contribution in [3.8, 4) is 0 Å². The molecule has 0 bridgehead atoms. The summed E-state index contributed by atoms with van der Waals surface area (Å²) in [5.41, 5.74) is 2.17. The van der Waals surface area contributed by atoms with E-state index in [2.05, 4.69) is 30.2 Å². The number of nitrogens with zero attached hydrogens (tertiary/aromatic N) is 1. The third-order valence-electron chi connectivity index (χ3n) is 3.56. The van der Waals surface area contributed by atoms with Crippen LogP contribution < -0.4 is 5.32 Å². The molecule has 1 aromatic carbocycles. The van der Waals surface area contributed by atoms with Crippen molar-refractivity contribution in [1.82, 2.24) is 4.98 Å². The molecule has 0 aliphatic heterocycles. The Hall–Kier alpha value is -2.00. The topological polar surface area (TPSA) is 38.1 Å². The number of para-hydroxylation sites is 1. The predicted molar refractivity (Wildman–Crippen MR) is 86.9 cm³/mol. The number of nitrogens with one attached hydrogen (secondary N) is 1. The van der Waals surface area contributed by atoms with Gasteiger partial charge in [0.2, 0.25) is 0 Å². The zero-order valence-corrected chi connectivity index (χ0v) is 12.8. The Balaban J connectivity index is 1.95. The molecular formula is C17H17ClN2O. The molecule has 21 heavy (non-hydrogen) atoms. The number of fused-ring (bicyclic) bond motifs is 1. The molecule has 1 N–H and O–H groups in total. The molecule has 4 heteroatoms. The fourth-order valence-electron chi connectivity index (χ4n) is 2.61. The normalized spacial score (nSPS) is 12.5. The lowest BCUT2D eigenvalue weighted by atomic mass is 10.1. The van der Waals surface area contributed by atoms with Crippen LogP contribution in [0, 0.1) is 0 Å². The molecule has 0 saturated carbocycles. The van der Waals surface area contributed by atoms with E-state index in [1.165, 1.54) is 10.9 Å². The van der Waals surface area contributed by atoms with E-state index in [0.29, 0.717) is 5.15 Å². The monoisotopic (exact) mass is 300 g/mol. The molecule has 3 rings (SSSR count). The van der Waals surface area contributed by atoms with Crippen LogP contribution in [-0.2, 0) is 6.42 Å². The van der Waals surface area contributed by atoms with Gasteiger partial charge in [-0.3, -0.25) is 0 Å². The number of hydrogen-bond acceptors (Lipinski definition) is 3. The Morgan fingerprint density at radius 3 is 2.76 bits per heavy atom. The molecule has 3 nitrogen and oxygen atoms in total. The van der Waals surface area contributed by atoms with Crippen LogP contribution in [0.3, 0.4) is 0 Å². The minimum absolute atomic E-state index is 0.0262. The van der Waals surface area contributed by atoms with Gasteiger partial charge in [-0.1, -0.05) is 42.8 Å². The lowest BCUT2D eigenvalue weighted by Gasteiger charge is -2.13. The van der Waals surface area contributed by atoms with Crippen molar-refractivity contribution in [2.24, 2.45) is 0 Å². The molecule has 0 amide bonds. The van der Waals surface area contributed by atoms with Crippen molar-refractivity contribution in [2.75, 3.05) is 5.32 Å². The molecular weight excluding hydrogens is 284 g/mol. The van der Waals surface area contributed by atoms with Gasteiger partial charge in [0.1, 0.15) is 22.3 Å². The standard InChI is InChI=1S/C17H17ClN2O/c1-3-12-13-7-4-5-8-14(13)21-17(12)11(2)19-16-10-6-9-15(18)20-16/h4-11H,3H2,1-2H3,(H,19,20). The highest BCUT2D eigenvalue weighted by Gasteiger charge is 2.18. The first-order valence-corrected chi connectivity index (χ1v) is 7.46. The van der Waals surface area contributed by atoms with Crippen LogP contribution in [0.1, 0.15) is 31.2 Å². The summed E-state index contributed by atoms with van der Waals surface area (Å²) >= 11 is 5.92. The second-order valence-electron chi connectivity index (χ2n) is 5.01. The maximum atomic E-state index is 6.03. The smallest absolute Gasteiger partial charge is 0.134 e.